The summed E-state index contributed by atoms with van der Waals surface area (Å²) in [6.07, 6.45) is -3.41. The number of urea groups is 1. The molecule has 4 N–H and O–H groups in total. The summed E-state index contributed by atoms with van der Waals surface area (Å²) in [6.45, 7) is 7.09. The van der Waals surface area contributed by atoms with Crippen LogP contribution in [-0.2, 0) is 11.0 Å². The summed E-state index contributed by atoms with van der Waals surface area (Å²) < 4.78 is 37.8. The Morgan fingerprint density at radius 1 is 1.26 bits per heavy atom. The van der Waals surface area contributed by atoms with Gasteiger partial charge in [0.05, 0.1) is 5.56 Å². The number of aromatic nitrogens is 1. The Bertz CT molecular complexity index is 641. The van der Waals surface area contributed by atoms with Crippen molar-refractivity contribution in [3.63, 3.8) is 0 Å². The monoisotopic (exact) mass is 389 g/mol. The average molecular weight is 389 g/mol. The number of pyridine rings is 1. The average Bonchev–Trinajstić information content (AvgIpc) is 2.60. The molecule has 1 aliphatic heterocycles. The van der Waals surface area contributed by atoms with E-state index in [0.29, 0.717) is 44.5 Å². The summed E-state index contributed by atoms with van der Waals surface area (Å²) in [5, 5.41) is 4.93. The second-order valence-corrected chi connectivity index (χ2v) is 7.03. The quantitative estimate of drug-likeness (QED) is 0.647. The number of carbonyl (C=O) groups excluding carboxylic acids is 2. The molecule has 1 saturated heterocycles. The molecular formula is C17H26F3N5O2+2. The minimum atomic E-state index is -4.37. The number of H-pyrrole nitrogens is 1. The van der Waals surface area contributed by atoms with Crippen molar-refractivity contribution in [1.82, 2.24) is 10.6 Å². The number of aromatic amines is 1. The van der Waals surface area contributed by atoms with E-state index in [9.17, 15) is 22.8 Å². The molecule has 2 rings (SSSR count). The molecule has 3 amide bonds. The number of imide groups is 1. The van der Waals surface area contributed by atoms with E-state index in [1.54, 1.807) is 0 Å². The van der Waals surface area contributed by atoms with E-state index in [1.807, 2.05) is 18.7 Å². The van der Waals surface area contributed by atoms with Crippen LogP contribution in [0.3, 0.4) is 0 Å². The molecule has 0 atom stereocenters. The highest BCUT2D eigenvalue weighted by Crippen LogP contribution is 2.28. The Kier molecular flexibility index (Phi) is 7.00. The van der Waals surface area contributed by atoms with Gasteiger partial charge in [-0.25, -0.2) is 9.78 Å². The summed E-state index contributed by atoms with van der Waals surface area (Å²) in [5.74, 6) is 0.562. The lowest BCUT2D eigenvalue weighted by Gasteiger charge is -2.27. The standard InChI is InChI=1S/C17H24F3N5O2/c1-12(2)9-22-16(27)23-15(26)11-24-5-7-25(8-6-24)14-4-3-13(10-21-14)17(18,19)20/h3-4,10,12H,5-9,11H2,1-2H3,(H2,22,23,26,27)/p+2. The summed E-state index contributed by atoms with van der Waals surface area (Å²) in [5.41, 5.74) is -0.720. The third kappa shape index (κ3) is 6.70. The maximum atomic E-state index is 12.6. The molecule has 0 aromatic carbocycles. The number of nitrogens with zero attached hydrogens (tertiary/aromatic N) is 1. The molecule has 0 bridgehead atoms. The fourth-order valence-corrected chi connectivity index (χ4v) is 2.77. The topological polar surface area (TPSA) is 80.0 Å². The van der Waals surface area contributed by atoms with Gasteiger partial charge < -0.3 is 10.2 Å². The van der Waals surface area contributed by atoms with Crippen LogP contribution in [0.2, 0.25) is 0 Å². The number of rotatable bonds is 5. The van der Waals surface area contributed by atoms with E-state index >= 15 is 0 Å². The number of hydrogen-bond donors (Lipinski definition) is 3. The smallest absolute Gasteiger partial charge is 0.338 e. The van der Waals surface area contributed by atoms with E-state index < -0.39 is 17.8 Å². The highest BCUT2D eigenvalue weighted by atomic mass is 19.4. The Morgan fingerprint density at radius 3 is 2.44 bits per heavy atom. The molecule has 27 heavy (non-hydrogen) atoms. The van der Waals surface area contributed by atoms with Crippen LogP contribution in [0.25, 0.3) is 0 Å². The zero-order valence-electron chi connectivity index (χ0n) is 15.4. The van der Waals surface area contributed by atoms with Crippen LogP contribution >= 0.6 is 0 Å². The fraction of sp³-hybridized carbons (Fsp3) is 0.588. The van der Waals surface area contributed by atoms with Gasteiger partial charge in [0.15, 0.2) is 6.54 Å². The first-order chi connectivity index (χ1) is 12.6. The van der Waals surface area contributed by atoms with Gasteiger partial charge in [-0.05, 0) is 12.0 Å². The van der Waals surface area contributed by atoms with Crippen LogP contribution in [0.15, 0.2) is 18.3 Å². The zero-order valence-corrected chi connectivity index (χ0v) is 15.4. The molecule has 7 nitrogen and oxygen atoms in total. The lowest BCUT2D eigenvalue weighted by Crippen LogP contribution is -3.16. The molecule has 1 aromatic heterocycles. The molecule has 2 heterocycles. The summed E-state index contributed by atoms with van der Waals surface area (Å²) in [7, 11) is 0. The van der Waals surface area contributed by atoms with Crippen LogP contribution in [-0.4, -0.2) is 51.2 Å². The Hall–Kier alpha value is -2.36. The summed E-state index contributed by atoms with van der Waals surface area (Å²) in [6, 6.07) is 1.97. The molecule has 1 aromatic rings. The molecule has 0 saturated carbocycles. The predicted octanol–water partition coefficient (Wildman–Crippen LogP) is -0.294. The van der Waals surface area contributed by atoms with Crippen LogP contribution in [0.4, 0.5) is 23.8 Å². The number of carbonyl (C=O) groups is 2. The van der Waals surface area contributed by atoms with Crippen molar-refractivity contribution in [2.75, 3.05) is 44.2 Å². The first kappa shape index (κ1) is 20.9. The van der Waals surface area contributed by atoms with E-state index in [0.717, 1.165) is 17.2 Å². The second-order valence-electron chi connectivity index (χ2n) is 7.03. The third-order valence-electron chi connectivity index (χ3n) is 4.27. The number of hydrogen-bond acceptors (Lipinski definition) is 3. The number of anilines is 1. The highest BCUT2D eigenvalue weighted by molar-refractivity contribution is 5.94. The van der Waals surface area contributed by atoms with Crippen LogP contribution in [0.5, 0.6) is 0 Å². The van der Waals surface area contributed by atoms with E-state index in [-0.39, 0.29) is 12.5 Å². The van der Waals surface area contributed by atoms with Gasteiger partial charge in [0.1, 0.15) is 32.4 Å². The first-order valence-electron chi connectivity index (χ1n) is 8.90. The van der Waals surface area contributed by atoms with Crippen molar-refractivity contribution in [3.8, 4) is 0 Å². The van der Waals surface area contributed by atoms with Crippen LogP contribution in [0.1, 0.15) is 19.4 Å². The largest absolute Gasteiger partial charge is 0.419 e. The lowest BCUT2D eigenvalue weighted by atomic mass is 10.2. The summed E-state index contributed by atoms with van der Waals surface area (Å²) >= 11 is 0. The molecular weight excluding hydrogens is 363 g/mol. The van der Waals surface area contributed by atoms with Crippen molar-refractivity contribution in [2.24, 2.45) is 5.92 Å². The molecule has 0 unspecified atom stereocenters. The number of halogens is 3. The van der Waals surface area contributed by atoms with Gasteiger partial charge in [-0.15, -0.1) is 0 Å². The maximum Gasteiger partial charge on any atom is 0.419 e. The van der Waals surface area contributed by atoms with Crippen molar-refractivity contribution < 1.29 is 32.6 Å². The van der Waals surface area contributed by atoms with Crippen molar-refractivity contribution in [3.05, 3.63) is 23.9 Å². The second kappa shape index (κ2) is 9.03. The van der Waals surface area contributed by atoms with Crippen molar-refractivity contribution >= 4 is 17.8 Å². The van der Waals surface area contributed by atoms with Gasteiger partial charge in [-0.3, -0.25) is 15.0 Å². The van der Waals surface area contributed by atoms with Crippen molar-refractivity contribution in [1.29, 1.82) is 0 Å². The Labute approximate surface area is 155 Å². The molecule has 1 aliphatic rings. The van der Waals surface area contributed by atoms with Gasteiger partial charge in [0.25, 0.3) is 11.7 Å². The van der Waals surface area contributed by atoms with E-state index in [1.165, 1.54) is 6.07 Å². The minimum absolute atomic E-state index is 0.180. The normalized spacial score (nSPS) is 15.7. The Balaban J connectivity index is 1.76. The SMILES string of the molecule is CC(C)CNC(=O)NC(=O)C[NH+]1CCN(c2ccc(C(F)(F)F)c[nH+]2)CC1. The molecule has 0 aliphatic carbocycles. The number of piperazine rings is 1. The van der Waals surface area contributed by atoms with Gasteiger partial charge in [0.2, 0.25) is 0 Å². The van der Waals surface area contributed by atoms with Gasteiger partial charge in [0, 0.05) is 12.6 Å². The van der Waals surface area contributed by atoms with Crippen LogP contribution < -0.4 is 25.4 Å². The number of amides is 3. The van der Waals surface area contributed by atoms with Gasteiger partial charge in [-0.2, -0.15) is 13.2 Å². The molecule has 0 radical (unpaired) electrons. The van der Waals surface area contributed by atoms with Crippen LogP contribution in [0, 0.1) is 5.92 Å². The lowest BCUT2D eigenvalue weighted by molar-refractivity contribution is -0.892. The maximum absolute atomic E-state index is 12.6. The van der Waals surface area contributed by atoms with Gasteiger partial charge >= 0.3 is 12.2 Å². The molecule has 150 valence electrons. The molecule has 0 spiro atoms. The van der Waals surface area contributed by atoms with E-state index in [2.05, 4.69) is 15.6 Å². The van der Waals surface area contributed by atoms with Gasteiger partial charge in [-0.1, -0.05) is 13.8 Å². The molecule has 1 fully saturated rings. The Morgan fingerprint density at radius 2 is 1.93 bits per heavy atom. The number of alkyl halides is 3. The number of quaternary nitrogens is 1. The fourth-order valence-electron chi connectivity index (χ4n) is 2.77. The zero-order chi connectivity index (χ0) is 20.0. The first-order valence-corrected chi connectivity index (χ1v) is 8.90. The molecule has 10 heteroatoms. The van der Waals surface area contributed by atoms with E-state index in [4.69, 9.17) is 0 Å². The third-order valence-corrected chi connectivity index (χ3v) is 4.27. The highest BCUT2D eigenvalue weighted by Gasteiger charge is 2.33. The summed E-state index contributed by atoms with van der Waals surface area (Å²) in [4.78, 5) is 29.2. The predicted molar refractivity (Wildman–Crippen MR) is 92.2 cm³/mol. The number of nitrogens with one attached hydrogen (secondary N) is 4. The van der Waals surface area contributed by atoms with Crippen molar-refractivity contribution in [2.45, 2.75) is 20.0 Å². The minimum Gasteiger partial charge on any atom is -0.338 e.